The lowest BCUT2D eigenvalue weighted by molar-refractivity contribution is 0.233. The van der Waals surface area contributed by atoms with Crippen molar-refractivity contribution >= 4 is 0 Å². The summed E-state index contributed by atoms with van der Waals surface area (Å²) in [5.41, 5.74) is 2.05. The molecule has 0 aliphatic carbocycles. The zero-order chi connectivity index (χ0) is 12.3. The van der Waals surface area contributed by atoms with Gasteiger partial charge in [-0.3, -0.25) is 4.90 Å². The maximum absolute atomic E-state index is 13.6. The van der Waals surface area contributed by atoms with Crippen molar-refractivity contribution in [3.05, 3.63) is 35.1 Å². The fourth-order valence-corrected chi connectivity index (χ4v) is 2.26. The van der Waals surface area contributed by atoms with Gasteiger partial charge >= 0.3 is 0 Å². The number of nitrogens with one attached hydrogen (secondary N) is 1. The molecule has 1 aliphatic heterocycles. The molecule has 0 aromatic heterocycles. The van der Waals surface area contributed by atoms with Gasteiger partial charge in [0.05, 0.1) is 0 Å². The Balaban J connectivity index is 2.07. The maximum atomic E-state index is 13.6. The molecule has 0 bridgehead atoms. The molecular formula is C14H21FN2. The number of halogens is 1. The number of nitrogens with zero attached hydrogens (tertiary/aromatic N) is 1. The maximum Gasteiger partial charge on any atom is 0.126 e. The quantitative estimate of drug-likeness (QED) is 0.866. The van der Waals surface area contributed by atoms with Gasteiger partial charge in [-0.15, -0.1) is 0 Å². The first kappa shape index (κ1) is 12.5. The minimum Gasteiger partial charge on any atom is -0.314 e. The van der Waals surface area contributed by atoms with Crippen molar-refractivity contribution in [3.63, 3.8) is 0 Å². The number of hydrogen-bond donors (Lipinski definition) is 1. The number of piperazine rings is 1. The monoisotopic (exact) mass is 236 g/mol. The molecule has 1 N–H and O–H groups in total. The third-order valence-corrected chi connectivity index (χ3v) is 3.30. The number of benzene rings is 1. The number of rotatable bonds is 3. The summed E-state index contributed by atoms with van der Waals surface area (Å²) in [5, 5.41) is 3.34. The Labute approximate surface area is 103 Å². The van der Waals surface area contributed by atoms with Gasteiger partial charge in [-0.05, 0) is 23.1 Å². The molecule has 1 aliphatic rings. The van der Waals surface area contributed by atoms with Crippen LogP contribution in [0.4, 0.5) is 4.39 Å². The van der Waals surface area contributed by atoms with Gasteiger partial charge in [0.15, 0.2) is 0 Å². The molecule has 0 atom stereocenters. The summed E-state index contributed by atoms with van der Waals surface area (Å²) in [6.45, 7) is 9.26. The minimum atomic E-state index is -0.0796. The summed E-state index contributed by atoms with van der Waals surface area (Å²) < 4.78 is 13.6. The van der Waals surface area contributed by atoms with Gasteiger partial charge in [-0.1, -0.05) is 26.0 Å². The Hall–Kier alpha value is -0.930. The fraction of sp³-hybridized carbons (Fsp3) is 0.571. The summed E-state index contributed by atoms with van der Waals surface area (Å²) in [4.78, 5) is 2.41. The van der Waals surface area contributed by atoms with Crippen molar-refractivity contribution in [2.45, 2.75) is 26.3 Å². The van der Waals surface area contributed by atoms with E-state index < -0.39 is 0 Å². The van der Waals surface area contributed by atoms with Crippen LogP contribution in [0.5, 0.6) is 0 Å². The van der Waals surface area contributed by atoms with Gasteiger partial charge in [0.1, 0.15) is 5.82 Å². The highest BCUT2D eigenvalue weighted by Crippen LogP contribution is 2.20. The van der Waals surface area contributed by atoms with Crippen LogP contribution >= 0.6 is 0 Å². The van der Waals surface area contributed by atoms with Crippen LogP contribution in [0.3, 0.4) is 0 Å². The Morgan fingerprint density at radius 2 is 2.00 bits per heavy atom. The summed E-state index contributed by atoms with van der Waals surface area (Å²) in [6, 6.07) is 5.53. The second kappa shape index (κ2) is 5.61. The smallest absolute Gasteiger partial charge is 0.126 e. The largest absolute Gasteiger partial charge is 0.314 e. The molecule has 1 aromatic rings. The van der Waals surface area contributed by atoms with Gasteiger partial charge < -0.3 is 5.32 Å². The molecule has 0 spiro atoms. The van der Waals surface area contributed by atoms with Crippen LogP contribution in [-0.2, 0) is 6.54 Å². The Kier molecular flexibility index (Phi) is 4.13. The first-order valence-electron chi connectivity index (χ1n) is 6.38. The van der Waals surface area contributed by atoms with Crippen molar-refractivity contribution in [2.24, 2.45) is 0 Å². The van der Waals surface area contributed by atoms with E-state index in [4.69, 9.17) is 0 Å². The molecule has 2 rings (SSSR count). The molecule has 0 radical (unpaired) electrons. The van der Waals surface area contributed by atoms with Crippen LogP contribution in [0.2, 0.25) is 0 Å². The highest BCUT2D eigenvalue weighted by atomic mass is 19.1. The molecule has 0 amide bonds. The normalized spacial score (nSPS) is 17.6. The van der Waals surface area contributed by atoms with Crippen molar-refractivity contribution < 1.29 is 4.39 Å². The molecule has 2 nitrogen and oxygen atoms in total. The third kappa shape index (κ3) is 3.27. The molecule has 1 saturated heterocycles. The standard InChI is InChI=1S/C14H21FN2/c1-11(2)13-9-12(3-4-14(13)15)10-17-7-5-16-6-8-17/h3-4,9,11,16H,5-8,10H2,1-2H3. The first-order valence-corrected chi connectivity index (χ1v) is 6.38. The second-order valence-corrected chi connectivity index (χ2v) is 5.04. The third-order valence-electron chi connectivity index (χ3n) is 3.30. The van der Waals surface area contributed by atoms with E-state index >= 15 is 0 Å². The van der Waals surface area contributed by atoms with Crippen LogP contribution < -0.4 is 5.32 Å². The molecular weight excluding hydrogens is 215 g/mol. The summed E-state index contributed by atoms with van der Waals surface area (Å²) in [5.74, 6) is 0.169. The number of hydrogen-bond acceptors (Lipinski definition) is 2. The highest BCUT2D eigenvalue weighted by Gasteiger charge is 2.12. The molecule has 1 fully saturated rings. The van der Waals surface area contributed by atoms with E-state index in [1.807, 2.05) is 26.0 Å². The molecule has 94 valence electrons. The van der Waals surface area contributed by atoms with Gasteiger partial charge in [0.25, 0.3) is 0 Å². The summed E-state index contributed by atoms with van der Waals surface area (Å²) in [6.07, 6.45) is 0. The Morgan fingerprint density at radius 1 is 1.29 bits per heavy atom. The lowest BCUT2D eigenvalue weighted by Gasteiger charge is -2.27. The van der Waals surface area contributed by atoms with Crippen LogP contribution in [0, 0.1) is 5.82 Å². The molecule has 1 aromatic carbocycles. The van der Waals surface area contributed by atoms with E-state index in [9.17, 15) is 4.39 Å². The molecule has 1 heterocycles. The fourth-order valence-electron chi connectivity index (χ4n) is 2.26. The Morgan fingerprint density at radius 3 is 2.65 bits per heavy atom. The van der Waals surface area contributed by atoms with Crippen molar-refractivity contribution in [3.8, 4) is 0 Å². The van der Waals surface area contributed by atoms with E-state index in [-0.39, 0.29) is 11.7 Å². The van der Waals surface area contributed by atoms with E-state index in [1.54, 1.807) is 6.07 Å². The minimum absolute atomic E-state index is 0.0796. The molecule has 3 heteroatoms. The van der Waals surface area contributed by atoms with Gasteiger partial charge in [0, 0.05) is 32.7 Å². The SMILES string of the molecule is CC(C)c1cc(CN2CCNCC2)ccc1F. The first-order chi connectivity index (χ1) is 8.16. The van der Waals surface area contributed by atoms with Crippen molar-refractivity contribution in [2.75, 3.05) is 26.2 Å². The predicted molar refractivity (Wildman–Crippen MR) is 68.6 cm³/mol. The van der Waals surface area contributed by atoms with E-state index in [0.29, 0.717) is 0 Å². The van der Waals surface area contributed by atoms with Gasteiger partial charge in [-0.2, -0.15) is 0 Å². The predicted octanol–water partition coefficient (Wildman–Crippen LogP) is 2.35. The van der Waals surface area contributed by atoms with Crippen LogP contribution in [0.15, 0.2) is 18.2 Å². The second-order valence-electron chi connectivity index (χ2n) is 5.04. The lowest BCUT2D eigenvalue weighted by Crippen LogP contribution is -2.42. The topological polar surface area (TPSA) is 15.3 Å². The van der Waals surface area contributed by atoms with E-state index in [1.165, 1.54) is 5.56 Å². The Bertz CT molecular complexity index is 370. The van der Waals surface area contributed by atoms with Gasteiger partial charge in [0.2, 0.25) is 0 Å². The van der Waals surface area contributed by atoms with Gasteiger partial charge in [-0.25, -0.2) is 4.39 Å². The van der Waals surface area contributed by atoms with E-state index in [2.05, 4.69) is 10.2 Å². The molecule has 0 saturated carbocycles. The molecule has 0 unspecified atom stereocenters. The summed E-state index contributed by atoms with van der Waals surface area (Å²) in [7, 11) is 0. The zero-order valence-electron chi connectivity index (χ0n) is 10.7. The average Bonchev–Trinajstić information content (AvgIpc) is 2.32. The van der Waals surface area contributed by atoms with Crippen LogP contribution in [-0.4, -0.2) is 31.1 Å². The van der Waals surface area contributed by atoms with Crippen molar-refractivity contribution in [1.29, 1.82) is 0 Å². The lowest BCUT2D eigenvalue weighted by atomic mass is 10.00. The average molecular weight is 236 g/mol. The van der Waals surface area contributed by atoms with Crippen LogP contribution in [0.25, 0.3) is 0 Å². The highest BCUT2D eigenvalue weighted by molar-refractivity contribution is 5.27. The van der Waals surface area contributed by atoms with Crippen LogP contribution in [0.1, 0.15) is 30.9 Å². The molecule has 17 heavy (non-hydrogen) atoms. The van der Waals surface area contributed by atoms with Crippen molar-refractivity contribution in [1.82, 2.24) is 10.2 Å². The zero-order valence-corrected chi connectivity index (χ0v) is 10.7. The summed E-state index contributed by atoms with van der Waals surface area (Å²) >= 11 is 0. The van der Waals surface area contributed by atoms with E-state index in [0.717, 1.165) is 38.3 Å².